The molecule has 5 nitrogen and oxygen atoms in total. The van der Waals surface area contributed by atoms with Crippen molar-refractivity contribution in [2.45, 2.75) is 38.5 Å². The van der Waals surface area contributed by atoms with Crippen molar-refractivity contribution in [3.63, 3.8) is 0 Å². The summed E-state index contributed by atoms with van der Waals surface area (Å²) in [7, 11) is 0. The van der Waals surface area contributed by atoms with Gasteiger partial charge in [-0.1, -0.05) is 23.3 Å². The van der Waals surface area contributed by atoms with Crippen LogP contribution in [0.15, 0.2) is 29.4 Å². The molecule has 1 aromatic heterocycles. The van der Waals surface area contributed by atoms with Gasteiger partial charge in [0.05, 0.1) is 5.52 Å². The molecule has 0 saturated carbocycles. The molecule has 1 heterocycles. The van der Waals surface area contributed by atoms with Crippen molar-refractivity contribution in [2.75, 3.05) is 18.4 Å². The van der Waals surface area contributed by atoms with Crippen molar-refractivity contribution in [1.82, 2.24) is 4.98 Å². The van der Waals surface area contributed by atoms with Crippen LogP contribution in [-0.4, -0.2) is 18.1 Å². The molecular weight excluding hydrogens is 274 g/mol. The van der Waals surface area contributed by atoms with E-state index in [-0.39, 0.29) is 0 Å². The zero-order chi connectivity index (χ0) is 15.2. The lowest BCUT2D eigenvalue weighted by Crippen LogP contribution is -2.12. The Labute approximate surface area is 130 Å². The van der Waals surface area contributed by atoms with Crippen LogP contribution in [0.25, 0.3) is 21.3 Å². The van der Waals surface area contributed by atoms with Crippen LogP contribution in [0.4, 0.5) is 5.69 Å². The summed E-state index contributed by atoms with van der Waals surface area (Å²) in [6.07, 6.45) is 6.62. The van der Waals surface area contributed by atoms with Gasteiger partial charge in [0.2, 0.25) is 0 Å². The van der Waals surface area contributed by atoms with E-state index in [0.29, 0.717) is 6.54 Å². The Morgan fingerprint density at radius 2 is 2.05 bits per heavy atom. The minimum absolute atomic E-state index is 0.577. The van der Waals surface area contributed by atoms with Crippen molar-refractivity contribution in [1.29, 1.82) is 0 Å². The third-order valence-corrected chi connectivity index (χ3v) is 4.22. The highest BCUT2D eigenvalue weighted by molar-refractivity contribution is 5.93. The number of pyridine rings is 1. The van der Waals surface area contributed by atoms with Crippen molar-refractivity contribution < 1.29 is 0 Å². The maximum absolute atomic E-state index is 8.29. The van der Waals surface area contributed by atoms with Crippen molar-refractivity contribution in [3.05, 3.63) is 46.0 Å². The van der Waals surface area contributed by atoms with E-state index in [1.54, 1.807) is 0 Å². The minimum Gasteiger partial charge on any atom is -0.384 e. The van der Waals surface area contributed by atoms with Gasteiger partial charge in [-0.25, -0.2) is 0 Å². The van der Waals surface area contributed by atoms with E-state index in [1.165, 1.54) is 35.2 Å². The number of hydrogen-bond acceptors (Lipinski definition) is 3. The summed E-state index contributed by atoms with van der Waals surface area (Å²) in [5, 5.41) is 8.42. The van der Waals surface area contributed by atoms with Gasteiger partial charge in [-0.05, 0) is 55.7 Å². The fourth-order valence-electron chi connectivity index (χ4n) is 3.14. The third kappa shape index (κ3) is 3.15. The van der Waals surface area contributed by atoms with Gasteiger partial charge in [0, 0.05) is 34.8 Å². The summed E-state index contributed by atoms with van der Waals surface area (Å²) in [5.41, 5.74) is 13.3. The Morgan fingerprint density at radius 1 is 1.18 bits per heavy atom. The topological polar surface area (TPSA) is 73.7 Å². The van der Waals surface area contributed by atoms with Gasteiger partial charge in [0.15, 0.2) is 0 Å². The van der Waals surface area contributed by atoms with E-state index in [0.717, 1.165) is 37.7 Å². The summed E-state index contributed by atoms with van der Waals surface area (Å²) >= 11 is 0. The molecule has 1 aliphatic rings. The molecule has 0 atom stereocenters. The maximum atomic E-state index is 8.29. The predicted molar refractivity (Wildman–Crippen MR) is 90.1 cm³/mol. The molecule has 3 rings (SSSR count). The second kappa shape index (κ2) is 7.14. The number of rotatable bonds is 6. The van der Waals surface area contributed by atoms with Crippen LogP contribution < -0.4 is 5.32 Å². The Balaban J connectivity index is 1.81. The SMILES string of the molecule is [N-]=[N+]=NCCCCNc1c2c(nc3ccccc13)CCCC2. The smallest absolute Gasteiger partial charge is 0.0726 e. The van der Waals surface area contributed by atoms with Gasteiger partial charge in [0.1, 0.15) is 0 Å². The molecule has 114 valence electrons. The summed E-state index contributed by atoms with van der Waals surface area (Å²) in [4.78, 5) is 7.64. The molecule has 1 aromatic carbocycles. The molecule has 1 aliphatic carbocycles. The first-order chi connectivity index (χ1) is 10.9. The second-order valence-electron chi connectivity index (χ2n) is 5.72. The van der Waals surface area contributed by atoms with Gasteiger partial charge in [-0.15, -0.1) is 0 Å². The second-order valence-corrected chi connectivity index (χ2v) is 5.72. The number of anilines is 1. The van der Waals surface area contributed by atoms with E-state index in [2.05, 4.69) is 33.5 Å². The number of azide groups is 1. The lowest BCUT2D eigenvalue weighted by Gasteiger charge is -2.21. The number of nitrogens with zero attached hydrogens (tertiary/aromatic N) is 4. The van der Waals surface area contributed by atoms with Crippen molar-refractivity contribution in [3.8, 4) is 0 Å². The van der Waals surface area contributed by atoms with E-state index < -0.39 is 0 Å². The van der Waals surface area contributed by atoms with Gasteiger partial charge in [-0.2, -0.15) is 0 Å². The Morgan fingerprint density at radius 3 is 2.95 bits per heavy atom. The third-order valence-electron chi connectivity index (χ3n) is 4.22. The molecule has 0 unspecified atom stereocenters. The Kier molecular flexibility index (Phi) is 4.76. The van der Waals surface area contributed by atoms with Gasteiger partial charge >= 0.3 is 0 Å². The van der Waals surface area contributed by atoms with E-state index in [9.17, 15) is 0 Å². The average Bonchev–Trinajstić information content (AvgIpc) is 2.57. The number of aromatic nitrogens is 1. The first-order valence-corrected chi connectivity index (χ1v) is 8.05. The molecule has 2 aromatic rings. The number of para-hydroxylation sites is 1. The van der Waals surface area contributed by atoms with Crippen LogP contribution in [0, 0.1) is 0 Å². The first-order valence-electron chi connectivity index (χ1n) is 8.05. The highest BCUT2D eigenvalue weighted by atomic mass is 15.1. The molecule has 5 heteroatoms. The number of unbranched alkanes of at least 4 members (excludes halogenated alkanes) is 1. The number of fused-ring (bicyclic) bond motifs is 2. The Hall–Kier alpha value is -2.26. The van der Waals surface area contributed by atoms with Crippen LogP contribution >= 0.6 is 0 Å². The van der Waals surface area contributed by atoms with Crippen LogP contribution in [0.1, 0.15) is 36.9 Å². The zero-order valence-electron chi connectivity index (χ0n) is 12.8. The molecule has 0 fully saturated rings. The normalized spacial score (nSPS) is 13.5. The molecular formula is C17H21N5. The van der Waals surface area contributed by atoms with E-state index in [1.807, 2.05) is 6.07 Å². The summed E-state index contributed by atoms with van der Waals surface area (Å²) in [6, 6.07) is 8.37. The summed E-state index contributed by atoms with van der Waals surface area (Å²) in [5.74, 6) is 0. The van der Waals surface area contributed by atoms with Crippen LogP contribution in [-0.2, 0) is 12.8 Å². The lowest BCUT2D eigenvalue weighted by molar-refractivity contribution is 0.671. The Bertz CT molecular complexity index is 704. The molecule has 0 bridgehead atoms. The highest BCUT2D eigenvalue weighted by Crippen LogP contribution is 2.33. The maximum Gasteiger partial charge on any atom is 0.0726 e. The molecule has 0 radical (unpaired) electrons. The number of aryl methyl sites for hydroxylation is 1. The molecule has 0 spiro atoms. The monoisotopic (exact) mass is 295 g/mol. The molecule has 0 aliphatic heterocycles. The van der Waals surface area contributed by atoms with Crippen LogP contribution in [0.2, 0.25) is 0 Å². The molecule has 0 saturated heterocycles. The van der Waals surface area contributed by atoms with Gasteiger partial charge in [0.25, 0.3) is 0 Å². The van der Waals surface area contributed by atoms with Crippen molar-refractivity contribution >= 4 is 16.6 Å². The molecule has 0 amide bonds. The number of nitrogens with one attached hydrogen (secondary N) is 1. The fraction of sp³-hybridized carbons (Fsp3) is 0.471. The predicted octanol–water partition coefficient (Wildman–Crippen LogP) is 4.62. The fourth-order valence-corrected chi connectivity index (χ4v) is 3.14. The first kappa shape index (κ1) is 14.7. The number of benzene rings is 1. The molecule has 22 heavy (non-hydrogen) atoms. The summed E-state index contributed by atoms with van der Waals surface area (Å²) in [6.45, 7) is 1.48. The van der Waals surface area contributed by atoms with Crippen LogP contribution in [0.3, 0.4) is 0 Å². The van der Waals surface area contributed by atoms with Crippen molar-refractivity contribution in [2.24, 2.45) is 5.11 Å². The molecule has 1 N–H and O–H groups in total. The minimum atomic E-state index is 0.577. The number of hydrogen-bond donors (Lipinski definition) is 1. The standard InChI is InChI=1S/C17H21N5/c18-22-20-12-6-5-11-19-17-13-7-1-3-9-15(13)21-16-10-4-2-8-14(16)17/h1,3,7,9H,2,4-6,8,10-12H2,(H,19,21). The van der Waals surface area contributed by atoms with E-state index in [4.69, 9.17) is 10.5 Å². The van der Waals surface area contributed by atoms with Crippen LogP contribution in [0.5, 0.6) is 0 Å². The zero-order valence-corrected chi connectivity index (χ0v) is 12.8. The average molecular weight is 295 g/mol. The summed E-state index contributed by atoms with van der Waals surface area (Å²) < 4.78 is 0. The van der Waals surface area contributed by atoms with Gasteiger partial charge in [-0.3, -0.25) is 4.98 Å². The van der Waals surface area contributed by atoms with E-state index >= 15 is 0 Å². The largest absolute Gasteiger partial charge is 0.384 e. The highest BCUT2D eigenvalue weighted by Gasteiger charge is 2.17. The quantitative estimate of drug-likeness (QED) is 0.365. The van der Waals surface area contributed by atoms with Gasteiger partial charge < -0.3 is 5.32 Å². The lowest BCUT2D eigenvalue weighted by atomic mass is 9.92.